The first kappa shape index (κ1) is 31.1. The van der Waals surface area contributed by atoms with Crippen molar-refractivity contribution in [2.75, 3.05) is 6.54 Å². The number of halogens is 10. The Morgan fingerprint density at radius 1 is 1.00 bits per heavy atom. The minimum Gasteiger partial charge on any atom is -0.345 e. The molecule has 1 unspecified atom stereocenters. The lowest BCUT2D eigenvalue weighted by Crippen LogP contribution is -2.47. The predicted octanol–water partition coefficient (Wildman–Crippen LogP) is 5.87. The van der Waals surface area contributed by atoms with Crippen LogP contribution in [0.15, 0.2) is 42.5 Å². The number of amides is 2. The summed E-state index contributed by atoms with van der Waals surface area (Å²) in [7, 11) is 0. The minimum absolute atomic E-state index is 0.360. The number of nitriles is 1. The van der Waals surface area contributed by atoms with E-state index in [0.29, 0.717) is 36.4 Å². The highest BCUT2D eigenvalue weighted by atomic mass is 19.4. The van der Waals surface area contributed by atoms with Gasteiger partial charge in [0.15, 0.2) is 0 Å². The Morgan fingerprint density at radius 3 is 2.18 bits per heavy atom. The number of rotatable bonds is 7. The molecule has 0 fully saturated rings. The summed E-state index contributed by atoms with van der Waals surface area (Å²) in [5, 5.41) is 12.1. The molecule has 0 bridgehead atoms. The lowest BCUT2D eigenvalue weighted by atomic mass is 9.94. The van der Waals surface area contributed by atoms with Gasteiger partial charge in [0.25, 0.3) is 5.91 Å². The van der Waals surface area contributed by atoms with Crippen LogP contribution in [0.2, 0.25) is 0 Å². The third-order valence-electron chi connectivity index (χ3n) is 5.10. The molecule has 0 saturated heterocycles. The molecular weight excluding hydrogens is 552 g/mol. The van der Waals surface area contributed by atoms with E-state index in [1.807, 2.05) is 5.32 Å². The van der Waals surface area contributed by atoms with E-state index in [1.54, 1.807) is 0 Å². The first-order valence-corrected chi connectivity index (χ1v) is 10.6. The summed E-state index contributed by atoms with van der Waals surface area (Å²) in [4.78, 5) is 24.1. The number of hydrogen-bond donors (Lipinski definition) is 2. The standard InChI is InChI=1S/C24H17F10N3O2/c1-12(20(38)36-11-22(26,27)28)37-21(39)16-5-2-13(8-18(16)24(32,33)34)3-6-17(23(29,30)31)14-4-7-19(25)15(9-14)10-35/h2-9,12,17H,11H2,1H3,(H,36,38)(H,37,39)/b6-3+/t12-,17?/m1/s1. The van der Waals surface area contributed by atoms with Crippen molar-refractivity contribution in [3.63, 3.8) is 0 Å². The van der Waals surface area contributed by atoms with Gasteiger partial charge < -0.3 is 10.6 Å². The Bertz CT molecular complexity index is 1290. The van der Waals surface area contributed by atoms with Crippen LogP contribution in [0.4, 0.5) is 43.9 Å². The zero-order valence-corrected chi connectivity index (χ0v) is 19.5. The maximum atomic E-state index is 13.7. The van der Waals surface area contributed by atoms with Gasteiger partial charge in [-0.05, 0) is 42.3 Å². The predicted molar refractivity (Wildman–Crippen MR) is 116 cm³/mol. The van der Waals surface area contributed by atoms with Gasteiger partial charge in [-0.25, -0.2) is 4.39 Å². The second-order valence-electron chi connectivity index (χ2n) is 8.06. The van der Waals surface area contributed by atoms with Crippen LogP contribution in [-0.2, 0) is 11.0 Å². The third kappa shape index (κ3) is 8.72. The van der Waals surface area contributed by atoms with Crippen molar-refractivity contribution in [1.29, 1.82) is 5.26 Å². The molecule has 0 heterocycles. The highest BCUT2D eigenvalue weighted by molar-refractivity contribution is 5.99. The smallest absolute Gasteiger partial charge is 0.345 e. The Labute approximate surface area is 214 Å². The van der Waals surface area contributed by atoms with Crippen LogP contribution < -0.4 is 10.6 Å². The van der Waals surface area contributed by atoms with Crippen molar-refractivity contribution in [1.82, 2.24) is 10.6 Å². The highest BCUT2D eigenvalue weighted by Crippen LogP contribution is 2.38. The number of nitrogens with zero attached hydrogens (tertiary/aromatic N) is 1. The number of allylic oxidation sites excluding steroid dienone is 1. The van der Waals surface area contributed by atoms with Crippen molar-refractivity contribution in [2.45, 2.75) is 37.4 Å². The fourth-order valence-corrected chi connectivity index (χ4v) is 3.22. The molecule has 0 saturated carbocycles. The third-order valence-corrected chi connectivity index (χ3v) is 5.10. The molecule has 15 heteroatoms. The maximum Gasteiger partial charge on any atom is 0.417 e. The quantitative estimate of drug-likeness (QED) is 0.410. The zero-order chi connectivity index (χ0) is 29.8. The van der Waals surface area contributed by atoms with Crippen LogP contribution >= 0.6 is 0 Å². The fraction of sp³-hybridized carbons (Fsp3) is 0.292. The zero-order valence-electron chi connectivity index (χ0n) is 19.5. The van der Waals surface area contributed by atoms with Gasteiger partial charge in [-0.15, -0.1) is 0 Å². The molecule has 0 radical (unpaired) electrons. The van der Waals surface area contributed by atoms with E-state index in [0.717, 1.165) is 19.1 Å². The Morgan fingerprint density at radius 2 is 1.64 bits per heavy atom. The van der Waals surface area contributed by atoms with Crippen molar-refractivity contribution in [3.8, 4) is 6.07 Å². The highest BCUT2D eigenvalue weighted by Gasteiger charge is 2.40. The van der Waals surface area contributed by atoms with Gasteiger partial charge in [0.2, 0.25) is 5.91 Å². The molecule has 0 aromatic heterocycles. The number of carbonyl (C=O) groups is 2. The summed E-state index contributed by atoms with van der Waals surface area (Å²) in [6, 6.07) is 3.62. The van der Waals surface area contributed by atoms with Crippen molar-refractivity contribution >= 4 is 17.9 Å². The molecule has 5 nitrogen and oxygen atoms in total. The maximum absolute atomic E-state index is 13.7. The van der Waals surface area contributed by atoms with Crippen LogP contribution in [-0.4, -0.2) is 36.8 Å². The summed E-state index contributed by atoms with van der Waals surface area (Å²) < 4.78 is 132. The monoisotopic (exact) mass is 569 g/mol. The van der Waals surface area contributed by atoms with Crippen LogP contribution in [0.1, 0.15) is 45.5 Å². The molecule has 0 spiro atoms. The van der Waals surface area contributed by atoms with Crippen LogP contribution in [0.3, 0.4) is 0 Å². The largest absolute Gasteiger partial charge is 0.417 e. The molecule has 0 aliphatic rings. The molecule has 2 atom stereocenters. The average Bonchev–Trinajstić information content (AvgIpc) is 2.81. The molecule has 0 aliphatic heterocycles. The van der Waals surface area contributed by atoms with Crippen LogP contribution in [0, 0.1) is 17.1 Å². The first-order chi connectivity index (χ1) is 17.8. The topological polar surface area (TPSA) is 82.0 Å². The van der Waals surface area contributed by atoms with Crippen LogP contribution in [0.25, 0.3) is 6.08 Å². The van der Waals surface area contributed by atoms with E-state index in [2.05, 4.69) is 0 Å². The number of hydrogen-bond acceptors (Lipinski definition) is 3. The van der Waals surface area contributed by atoms with E-state index in [1.165, 1.54) is 11.4 Å². The summed E-state index contributed by atoms with van der Waals surface area (Å²) in [6.45, 7) is -0.812. The van der Waals surface area contributed by atoms with Crippen molar-refractivity contribution in [3.05, 3.63) is 76.1 Å². The van der Waals surface area contributed by atoms with Gasteiger partial charge in [0, 0.05) is 0 Å². The summed E-state index contributed by atoms with van der Waals surface area (Å²) in [5.41, 5.74) is -4.29. The van der Waals surface area contributed by atoms with Gasteiger partial charge in [0.05, 0.1) is 22.6 Å². The number of benzene rings is 2. The van der Waals surface area contributed by atoms with E-state index in [9.17, 15) is 53.5 Å². The normalized spacial score (nSPS) is 14.0. The lowest BCUT2D eigenvalue weighted by Gasteiger charge is -2.19. The molecule has 2 aromatic rings. The molecule has 210 valence electrons. The van der Waals surface area contributed by atoms with Gasteiger partial charge in [0.1, 0.15) is 24.5 Å². The molecule has 2 rings (SSSR count). The van der Waals surface area contributed by atoms with Crippen molar-refractivity contribution in [2.24, 2.45) is 0 Å². The van der Waals surface area contributed by atoms with E-state index >= 15 is 0 Å². The molecule has 2 aromatic carbocycles. The summed E-state index contributed by atoms with van der Waals surface area (Å²) >= 11 is 0. The summed E-state index contributed by atoms with van der Waals surface area (Å²) in [6.07, 6.45) is -13.8. The Kier molecular flexibility index (Phi) is 9.38. The average molecular weight is 569 g/mol. The second kappa shape index (κ2) is 11.7. The molecule has 2 N–H and O–H groups in total. The first-order valence-electron chi connectivity index (χ1n) is 10.6. The lowest BCUT2D eigenvalue weighted by molar-refractivity contribution is -0.139. The van der Waals surface area contributed by atoms with Crippen molar-refractivity contribution < 1.29 is 53.5 Å². The van der Waals surface area contributed by atoms with E-state index < -0.39 is 82.5 Å². The molecule has 39 heavy (non-hydrogen) atoms. The summed E-state index contributed by atoms with van der Waals surface area (Å²) in [5.74, 6) is -6.30. The van der Waals surface area contributed by atoms with Gasteiger partial charge in [-0.1, -0.05) is 24.3 Å². The fourth-order valence-electron chi connectivity index (χ4n) is 3.22. The van der Waals surface area contributed by atoms with Gasteiger partial charge in [-0.2, -0.15) is 44.8 Å². The van der Waals surface area contributed by atoms with Gasteiger partial charge in [-0.3, -0.25) is 9.59 Å². The SMILES string of the molecule is C[C@@H](NC(=O)c1ccc(/C=C/C(c2ccc(F)c(C#N)c2)C(F)(F)F)cc1C(F)(F)F)C(=O)NCC(F)(F)F. The number of carbonyl (C=O) groups excluding carboxylic acids is 2. The van der Waals surface area contributed by atoms with Gasteiger partial charge >= 0.3 is 18.5 Å². The molecule has 2 amide bonds. The second-order valence-corrected chi connectivity index (χ2v) is 8.06. The van der Waals surface area contributed by atoms with E-state index in [-0.39, 0.29) is 0 Å². The molecule has 0 aliphatic carbocycles. The number of alkyl halides is 9. The molecular formula is C24H17F10N3O2. The van der Waals surface area contributed by atoms with E-state index in [4.69, 9.17) is 5.26 Å². The Hall–Kier alpha value is -4.09. The Balaban J connectivity index is 2.37. The minimum atomic E-state index is -5.19. The van der Waals surface area contributed by atoms with Crippen LogP contribution in [0.5, 0.6) is 0 Å². The number of nitrogens with one attached hydrogen (secondary N) is 2.